The molecule has 1 aliphatic rings. The summed E-state index contributed by atoms with van der Waals surface area (Å²) in [6.45, 7) is 5.02. The van der Waals surface area contributed by atoms with Gasteiger partial charge in [0.1, 0.15) is 4.90 Å². The van der Waals surface area contributed by atoms with Crippen molar-refractivity contribution in [3.05, 3.63) is 12.4 Å². The van der Waals surface area contributed by atoms with Crippen LogP contribution in [0.1, 0.15) is 0 Å². The third-order valence-electron chi connectivity index (χ3n) is 2.71. The molecule has 2 rings (SSSR count). The maximum absolute atomic E-state index is 11.7. The highest BCUT2D eigenvalue weighted by molar-refractivity contribution is 7.89. The van der Waals surface area contributed by atoms with Crippen LogP contribution in [0.4, 0.5) is 0 Å². The van der Waals surface area contributed by atoms with Gasteiger partial charge in [-0.1, -0.05) is 0 Å². The Hall–Kier alpha value is -0.670. The van der Waals surface area contributed by atoms with E-state index in [4.69, 9.17) is 0 Å². The average Bonchev–Trinajstić information content (AvgIpc) is 2.84. The molecule has 1 aliphatic heterocycles. The minimum atomic E-state index is -3.40. The van der Waals surface area contributed by atoms with E-state index in [0.29, 0.717) is 6.54 Å². The van der Waals surface area contributed by atoms with Crippen LogP contribution in [0, 0.1) is 0 Å². The summed E-state index contributed by atoms with van der Waals surface area (Å²) in [7, 11) is -3.40. The van der Waals surface area contributed by atoms with Crippen LogP contribution in [0.25, 0.3) is 0 Å². The third-order valence-corrected chi connectivity index (χ3v) is 4.14. The maximum atomic E-state index is 11.7. The molecule has 1 fully saturated rings. The van der Waals surface area contributed by atoms with Crippen LogP contribution in [0.2, 0.25) is 0 Å². The summed E-state index contributed by atoms with van der Waals surface area (Å²) in [5.41, 5.74) is 0. The number of rotatable bonds is 5. The number of sulfonamides is 1. The van der Waals surface area contributed by atoms with E-state index in [1.54, 1.807) is 0 Å². The Morgan fingerprint density at radius 1 is 1.39 bits per heavy atom. The molecule has 3 N–H and O–H groups in total. The Morgan fingerprint density at radius 3 is 2.72 bits per heavy atom. The summed E-state index contributed by atoms with van der Waals surface area (Å²) in [6.07, 6.45) is 2.67. The number of nitrogens with one attached hydrogen (secondary N) is 3. The van der Waals surface area contributed by atoms with Crippen molar-refractivity contribution in [2.24, 2.45) is 0 Å². The number of hydrogen-bond acceptors (Lipinski definition) is 5. The predicted molar refractivity (Wildman–Crippen MR) is 70.3 cm³/mol. The molecule has 0 aromatic carbocycles. The molecule has 0 radical (unpaired) electrons. The molecule has 0 aliphatic carbocycles. The predicted octanol–water partition coefficient (Wildman–Crippen LogP) is -0.985. The highest BCUT2D eigenvalue weighted by Gasteiger charge is 2.15. The lowest BCUT2D eigenvalue weighted by molar-refractivity contribution is 0.245. The smallest absolute Gasteiger partial charge is 0.243 e. The van der Waals surface area contributed by atoms with Crippen LogP contribution in [0.3, 0.4) is 0 Å². The highest BCUT2D eigenvalue weighted by Crippen LogP contribution is 2.03. The number of nitrogens with zero attached hydrogens (tertiary/aromatic N) is 2. The minimum absolute atomic E-state index is 0. The molecule has 0 unspecified atom stereocenters. The summed E-state index contributed by atoms with van der Waals surface area (Å²) < 4.78 is 26.0. The molecule has 18 heavy (non-hydrogen) atoms. The standard InChI is InChI=1S/C9H17N5O2S.ClH/c15-17(16,9-7-11-12-8-9)13-3-6-14-4-1-10-2-5-14;/h7-8,10,13H,1-6H2,(H,11,12);1H. The summed E-state index contributed by atoms with van der Waals surface area (Å²) in [5, 5.41) is 9.36. The van der Waals surface area contributed by atoms with Crippen LogP contribution in [-0.4, -0.2) is 62.8 Å². The molecular formula is C9H18ClN5O2S. The Balaban J connectivity index is 0.00000162. The first-order valence-electron chi connectivity index (χ1n) is 5.60. The van der Waals surface area contributed by atoms with Crippen molar-refractivity contribution >= 4 is 22.4 Å². The Morgan fingerprint density at radius 2 is 2.11 bits per heavy atom. The van der Waals surface area contributed by atoms with Crippen molar-refractivity contribution in [1.29, 1.82) is 0 Å². The molecule has 104 valence electrons. The van der Waals surface area contributed by atoms with E-state index in [9.17, 15) is 8.42 Å². The lowest BCUT2D eigenvalue weighted by Gasteiger charge is -2.26. The summed E-state index contributed by atoms with van der Waals surface area (Å²) >= 11 is 0. The largest absolute Gasteiger partial charge is 0.314 e. The van der Waals surface area contributed by atoms with Crippen LogP contribution in [-0.2, 0) is 10.0 Å². The van der Waals surface area contributed by atoms with E-state index in [-0.39, 0.29) is 17.3 Å². The van der Waals surface area contributed by atoms with Crippen molar-refractivity contribution in [2.75, 3.05) is 39.3 Å². The van der Waals surface area contributed by atoms with Crippen molar-refractivity contribution < 1.29 is 8.42 Å². The zero-order chi connectivity index (χ0) is 12.1. The fraction of sp³-hybridized carbons (Fsp3) is 0.667. The van der Waals surface area contributed by atoms with Crippen LogP contribution >= 0.6 is 12.4 Å². The van der Waals surface area contributed by atoms with Gasteiger partial charge in [-0.2, -0.15) is 5.10 Å². The molecule has 1 saturated heterocycles. The van der Waals surface area contributed by atoms with E-state index >= 15 is 0 Å². The SMILES string of the molecule is Cl.O=S(=O)(NCCN1CCNCC1)c1cn[nH]c1. The molecule has 0 amide bonds. The number of hydrogen-bond donors (Lipinski definition) is 3. The van der Waals surface area contributed by atoms with Gasteiger partial charge in [0.25, 0.3) is 0 Å². The first kappa shape index (κ1) is 15.4. The Labute approximate surface area is 113 Å². The quantitative estimate of drug-likeness (QED) is 0.649. The minimum Gasteiger partial charge on any atom is -0.314 e. The second-order valence-corrected chi connectivity index (χ2v) is 5.69. The van der Waals surface area contributed by atoms with E-state index in [0.717, 1.165) is 32.7 Å². The number of aromatic nitrogens is 2. The monoisotopic (exact) mass is 295 g/mol. The molecule has 0 saturated carbocycles. The van der Waals surface area contributed by atoms with Crippen molar-refractivity contribution in [3.63, 3.8) is 0 Å². The summed E-state index contributed by atoms with van der Waals surface area (Å²) in [5.74, 6) is 0. The van der Waals surface area contributed by atoms with Crippen LogP contribution < -0.4 is 10.0 Å². The average molecular weight is 296 g/mol. The van der Waals surface area contributed by atoms with E-state index in [2.05, 4.69) is 25.1 Å². The molecule has 1 aromatic heterocycles. The fourth-order valence-electron chi connectivity index (χ4n) is 1.74. The first-order chi connectivity index (χ1) is 8.18. The van der Waals surface area contributed by atoms with Gasteiger partial charge < -0.3 is 5.32 Å². The third kappa shape index (κ3) is 4.21. The van der Waals surface area contributed by atoms with Crippen LogP contribution in [0.5, 0.6) is 0 Å². The normalized spacial score (nSPS) is 17.3. The molecule has 0 spiro atoms. The van der Waals surface area contributed by atoms with E-state index in [1.165, 1.54) is 12.4 Å². The fourth-order valence-corrected chi connectivity index (χ4v) is 2.67. The van der Waals surface area contributed by atoms with Gasteiger partial charge in [-0.15, -0.1) is 12.4 Å². The molecule has 1 aromatic rings. The molecular weight excluding hydrogens is 278 g/mol. The molecule has 0 atom stereocenters. The van der Waals surface area contributed by atoms with Gasteiger partial charge in [-0.05, 0) is 0 Å². The summed E-state index contributed by atoms with van der Waals surface area (Å²) in [4.78, 5) is 2.41. The van der Waals surface area contributed by atoms with Gasteiger partial charge in [0.2, 0.25) is 10.0 Å². The molecule has 9 heteroatoms. The van der Waals surface area contributed by atoms with Gasteiger partial charge in [0, 0.05) is 45.5 Å². The number of halogens is 1. The van der Waals surface area contributed by atoms with Crippen molar-refractivity contribution in [1.82, 2.24) is 25.1 Å². The van der Waals surface area contributed by atoms with Gasteiger partial charge in [-0.25, -0.2) is 13.1 Å². The lowest BCUT2D eigenvalue weighted by Crippen LogP contribution is -2.46. The molecule has 0 bridgehead atoms. The zero-order valence-electron chi connectivity index (χ0n) is 9.92. The van der Waals surface area contributed by atoms with Crippen molar-refractivity contribution in [3.8, 4) is 0 Å². The Bertz CT molecular complexity index is 430. The van der Waals surface area contributed by atoms with Gasteiger partial charge >= 0.3 is 0 Å². The zero-order valence-corrected chi connectivity index (χ0v) is 11.6. The molecule has 2 heterocycles. The van der Waals surface area contributed by atoms with Crippen LogP contribution in [0.15, 0.2) is 17.3 Å². The second-order valence-electron chi connectivity index (χ2n) is 3.92. The molecule has 7 nitrogen and oxygen atoms in total. The second kappa shape index (κ2) is 7.05. The van der Waals surface area contributed by atoms with E-state index < -0.39 is 10.0 Å². The van der Waals surface area contributed by atoms with E-state index in [1.807, 2.05) is 0 Å². The number of aromatic amines is 1. The summed E-state index contributed by atoms with van der Waals surface area (Å²) in [6, 6.07) is 0. The number of piperazine rings is 1. The maximum Gasteiger partial charge on any atom is 0.243 e. The first-order valence-corrected chi connectivity index (χ1v) is 7.08. The lowest BCUT2D eigenvalue weighted by atomic mass is 10.3. The van der Waals surface area contributed by atoms with Gasteiger partial charge in [0.05, 0.1) is 6.20 Å². The van der Waals surface area contributed by atoms with Crippen molar-refractivity contribution in [2.45, 2.75) is 4.90 Å². The van der Waals surface area contributed by atoms with Gasteiger partial charge in [0.15, 0.2) is 0 Å². The topological polar surface area (TPSA) is 90.1 Å². The Kier molecular flexibility index (Phi) is 6.03. The van der Waals surface area contributed by atoms with Gasteiger partial charge in [-0.3, -0.25) is 10.00 Å². The highest BCUT2D eigenvalue weighted by atomic mass is 35.5. The number of H-pyrrole nitrogens is 1.